The van der Waals surface area contributed by atoms with Crippen LogP contribution in [0.25, 0.3) is 12.2 Å². The molecular weight excluding hydrogens is 134 g/mol. The minimum Gasteiger partial charge on any atom is -0.359 e. The fourth-order valence-electron chi connectivity index (χ4n) is 1.59. The first-order valence-corrected chi connectivity index (χ1v) is 4.22. The minimum absolute atomic E-state index is 1.21. The average Bonchev–Trinajstić information content (AvgIpc) is 2.17. The summed E-state index contributed by atoms with van der Waals surface area (Å²) < 4.78 is 0. The molecule has 1 heterocycles. The third-order valence-corrected chi connectivity index (χ3v) is 2.14. The van der Waals surface area contributed by atoms with Crippen molar-refractivity contribution >= 4 is 12.2 Å². The molecule has 0 spiro atoms. The summed E-state index contributed by atoms with van der Waals surface area (Å²) in [5.74, 6) is 0. The third-order valence-electron chi connectivity index (χ3n) is 2.14. The molecule has 1 nitrogen and oxygen atoms in total. The summed E-state index contributed by atoms with van der Waals surface area (Å²) in [5, 5.41) is 2.71. The first kappa shape index (κ1) is 6.71. The summed E-state index contributed by atoms with van der Waals surface area (Å²) in [6, 6.07) is 2.22. The van der Waals surface area contributed by atoms with Crippen LogP contribution in [0.5, 0.6) is 0 Å². The van der Waals surface area contributed by atoms with Gasteiger partial charge < -0.3 is 4.98 Å². The number of aromatic nitrogens is 1. The van der Waals surface area contributed by atoms with Crippen molar-refractivity contribution < 1.29 is 0 Å². The third kappa shape index (κ3) is 1.23. The second-order valence-corrected chi connectivity index (χ2v) is 3.16. The van der Waals surface area contributed by atoms with Crippen LogP contribution < -0.4 is 10.6 Å². The molecule has 1 aliphatic carbocycles. The molecule has 1 N–H and O–H groups in total. The van der Waals surface area contributed by atoms with E-state index in [0.717, 1.165) is 0 Å². The molecule has 0 saturated carbocycles. The van der Waals surface area contributed by atoms with E-state index in [9.17, 15) is 0 Å². The molecule has 58 valence electrons. The van der Waals surface area contributed by atoms with E-state index < -0.39 is 0 Å². The first-order valence-electron chi connectivity index (χ1n) is 4.22. The lowest BCUT2D eigenvalue weighted by atomic mass is 10.2. The van der Waals surface area contributed by atoms with Gasteiger partial charge in [0.2, 0.25) is 0 Å². The molecule has 0 radical (unpaired) electrons. The van der Waals surface area contributed by atoms with Crippen LogP contribution in [0, 0.1) is 6.92 Å². The molecule has 0 aliphatic heterocycles. The monoisotopic (exact) mass is 147 g/mol. The molecule has 0 amide bonds. The quantitative estimate of drug-likeness (QED) is 0.565. The summed E-state index contributed by atoms with van der Waals surface area (Å²) in [6.07, 6.45) is 8.35. The fourth-order valence-corrected chi connectivity index (χ4v) is 1.59. The van der Waals surface area contributed by atoms with Crippen molar-refractivity contribution in [2.75, 3.05) is 0 Å². The maximum atomic E-state index is 3.35. The number of hydrogen-bond acceptors (Lipinski definition) is 0. The van der Waals surface area contributed by atoms with Gasteiger partial charge in [0.15, 0.2) is 0 Å². The molecule has 0 saturated heterocycles. The van der Waals surface area contributed by atoms with Crippen molar-refractivity contribution in [2.45, 2.75) is 26.2 Å². The van der Waals surface area contributed by atoms with E-state index >= 15 is 0 Å². The molecule has 0 fully saturated rings. The Labute approximate surface area is 66.4 Å². The van der Waals surface area contributed by atoms with Gasteiger partial charge in [-0.25, -0.2) is 0 Å². The highest BCUT2D eigenvalue weighted by Crippen LogP contribution is 1.99. The van der Waals surface area contributed by atoms with Gasteiger partial charge in [-0.3, -0.25) is 0 Å². The Morgan fingerprint density at radius 2 is 2.09 bits per heavy atom. The summed E-state index contributed by atoms with van der Waals surface area (Å²) in [6.45, 7) is 2.11. The number of rotatable bonds is 0. The van der Waals surface area contributed by atoms with E-state index in [4.69, 9.17) is 0 Å². The van der Waals surface area contributed by atoms with Gasteiger partial charge in [0.1, 0.15) is 0 Å². The Kier molecular flexibility index (Phi) is 1.57. The van der Waals surface area contributed by atoms with Gasteiger partial charge in [0.25, 0.3) is 0 Å². The SMILES string of the molecule is Cc1cc2c([nH]1)=CCCCC=2. The van der Waals surface area contributed by atoms with Crippen LogP contribution in [0.15, 0.2) is 6.07 Å². The largest absolute Gasteiger partial charge is 0.359 e. The smallest absolute Gasteiger partial charge is 0.0412 e. The first-order chi connectivity index (χ1) is 5.36. The Morgan fingerprint density at radius 3 is 3.00 bits per heavy atom. The minimum atomic E-state index is 1.21. The van der Waals surface area contributed by atoms with E-state index in [-0.39, 0.29) is 0 Å². The van der Waals surface area contributed by atoms with Gasteiger partial charge in [-0.05, 0) is 37.5 Å². The van der Waals surface area contributed by atoms with Crippen LogP contribution in [-0.2, 0) is 0 Å². The fraction of sp³-hybridized carbons (Fsp3) is 0.400. The maximum absolute atomic E-state index is 3.35. The maximum Gasteiger partial charge on any atom is 0.0412 e. The summed E-state index contributed by atoms with van der Waals surface area (Å²) >= 11 is 0. The highest BCUT2D eigenvalue weighted by atomic mass is 14.7. The van der Waals surface area contributed by atoms with Crippen molar-refractivity contribution in [2.24, 2.45) is 0 Å². The number of aryl methyl sites for hydroxylation is 1. The zero-order valence-electron chi connectivity index (χ0n) is 6.85. The van der Waals surface area contributed by atoms with Gasteiger partial charge in [-0.2, -0.15) is 0 Å². The molecule has 1 aliphatic rings. The van der Waals surface area contributed by atoms with Gasteiger partial charge >= 0.3 is 0 Å². The van der Waals surface area contributed by atoms with Crippen molar-refractivity contribution in [3.05, 3.63) is 22.3 Å². The lowest BCUT2D eigenvalue weighted by molar-refractivity contribution is 0.923. The second-order valence-electron chi connectivity index (χ2n) is 3.16. The highest BCUT2D eigenvalue weighted by molar-refractivity contribution is 5.33. The number of fused-ring (bicyclic) bond motifs is 1. The molecule has 0 bridgehead atoms. The molecule has 1 heteroatoms. The van der Waals surface area contributed by atoms with E-state index in [1.54, 1.807) is 0 Å². The van der Waals surface area contributed by atoms with Crippen molar-refractivity contribution in [1.82, 2.24) is 4.98 Å². The van der Waals surface area contributed by atoms with Crippen molar-refractivity contribution in [3.63, 3.8) is 0 Å². The predicted octanol–water partition coefficient (Wildman–Crippen LogP) is 1.07. The van der Waals surface area contributed by atoms with Gasteiger partial charge in [-0.1, -0.05) is 12.2 Å². The number of H-pyrrole nitrogens is 1. The summed E-state index contributed by atoms with van der Waals surface area (Å²) in [5.41, 5.74) is 1.27. The van der Waals surface area contributed by atoms with Crippen molar-refractivity contribution in [3.8, 4) is 0 Å². The lowest BCUT2D eigenvalue weighted by Gasteiger charge is -1.84. The lowest BCUT2D eigenvalue weighted by Crippen LogP contribution is -2.20. The second kappa shape index (κ2) is 2.57. The Morgan fingerprint density at radius 1 is 1.27 bits per heavy atom. The Balaban J connectivity index is 2.71. The molecule has 0 unspecified atom stereocenters. The molecule has 11 heavy (non-hydrogen) atoms. The summed E-state index contributed by atoms with van der Waals surface area (Å²) in [7, 11) is 0. The molecule has 0 aromatic carbocycles. The van der Waals surface area contributed by atoms with Gasteiger partial charge in [0.05, 0.1) is 0 Å². The summed E-state index contributed by atoms with van der Waals surface area (Å²) in [4.78, 5) is 3.35. The molecule has 2 rings (SSSR count). The van der Waals surface area contributed by atoms with E-state index in [2.05, 4.69) is 30.1 Å². The number of hydrogen-bond donors (Lipinski definition) is 1. The Bertz CT molecular complexity index is 323. The zero-order valence-corrected chi connectivity index (χ0v) is 6.85. The molecule has 1 aromatic heterocycles. The number of aromatic amines is 1. The van der Waals surface area contributed by atoms with Crippen LogP contribution in [0.1, 0.15) is 25.0 Å². The van der Waals surface area contributed by atoms with E-state index in [0.29, 0.717) is 0 Å². The van der Waals surface area contributed by atoms with Gasteiger partial charge in [0, 0.05) is 11.0 Å². The zero-order chi connectivity index (χ0) is 7.68. The number of nitrogens with one attached hydrogen (secondary N) is 1. The van der Waals surface area contributed by atoms with Crippen LogP contribution in [0.3, 0.4) is 0 Å². The van der Waals surface area contributed by atoms with E-state index in [1.165, 1.54) is 35.5 Å². The normalized spacial score (nSPS) is 16.1. The highest BCUT2D eigenvalue weighted by Gasteiger charge is 1.94. The Hall–Kier alpha value is -0.980. The van der Waals surface area contributed by atoms with Crippen LogP contribution in [0.2, 0.25) is 0 Å². The standard InChI is InChI=1S/C10H13N/c1-8-7-9-5-3-2-4-6-10(9)11-8/h5-7,11H,2-4H2,1H3. The average molecular weight is 147 g/mol. The van der Waals surface area contributed by atoms with Gasteiger partial charge in [-0.15, -0.1) is 0 Å². The van der Waals surface area contributed by atoms with Crippen LogP contribution >= 0.6 is 0 Å². The topological polar surface area (TPSA) is 15.8 Å². The van der Waals surface area contributed by atoms with Crippen LogP contribution in [-0.4, -0.2) is 4.98 Å². The predicted molar refractivity (Wildman–Crippen MR) is 47.6 cm³/mol. The molecule has 1 aromatic rings. The molecular formula is C10H13N. The van der Waals surface area contributed by atoms with Crippen molar-refractivity contribution in [1.29, 1.82) is 0 Å². The van der Waals surface area contributed by atoms with E-state index in [1.807, 2.05) is 0 Å². The van der Waals surface area contributed by atoms with Crippen LogP contribution in [0.4, 0.5) is 0 Å². The molecule has 0 atom stereocenters.